The van der Waals surface area contributed by atoms with Gasteiger partial charge in [0.1, 0.15) is 0 Å². The molecule has 2 rings (SSSR count). The highest BCUT2D eigenvalue weighted by atomic mass is 16.5. The van der Waals surface area contributed by atoms with E-state index in [1.807, 2.05) is 30.3 Å². The lowest BCUT2D eigenvalue weighted by Gasteiger charge is -2.21. The van der Waals surface area contributed by atoms with Crippen molar-refractivity contribution in [3.8, 4) is 23.0 Å². The summed E-state index contributed by atoms with van der Waals surface area (Å²) < 4.78 is 33.3. The summed E-state index contributed by atoms with van der Waals surface area (Å²) in [6.07, 6.45) is 0. The van der Waals surface area contributed by atoms with E-state index in [0.29, 0.717) is 40.1 Å². The highest BCUT2D eigenvalue weighted by Crippen LogP contribution is 2.49. The maximum absolute atomic E-state index is 5.68. The molecule has 0 spiro atoms. The molecule has 0 aliphatic carbocycles. The smallest absolute Gasteiger partial charge is 0.208 e. The number of hydrogen-bond acceptors (Lipinski definition) is 6. The van der Waals surface area contributed by atoms with Gasteiger partial charge in [-0.25, -0.2) is 0 Å². The van der Waals surface area contributed by atoms with Crippen molar-refractivity contribution in [1.29, 1.82) is 0 Å². The number of methoxy groups -OCH3 is 6. The molecular formula is C20H24O6. The summed E-state index contributed by atoms with van der Waals surface area (Å²) in [6.45, 7) is 0. The Labute approximate surface area is 153 Å². The fraction of sp³-hybridized carbons (Fsp3) is 0.300. The van der Waals surface area contributed by atoms with E-state index < -0.39 is 0 Å². The quantitative estimate of drug-likeness (QED) is 0.527. The van der Waals surface area contributed by atoms with Gasteiger partial charge in [-0.2, -0.15) is 0 Å². The third-order valence-electron chi connectivity index (χ3n) is 3.88. The van der Waals surface area contributed by atoms with Crippen molar-refractivity contribution in [1.82, 2.24) is 0 Å². The molecule has 2 aromatic rings. The van der Waals surface area contributed by atoms with E-state index in [0.717, 1.165) is 5.56 Å². The van der Waals surface area contributed by atoms with Crippen molar-refractivity contribution in [2.75, 3.05) is 42.7 Å². The first-order chi connectivity index (χ1) is 12.7. The fourth-order valence-corrected chi connectivity index (χ4v) is 2.76. The van der Waals surface area contributed by atoms with Gasteiger partial charge in [0.05, 0.1) is 48.2 Å². The molecule has 6 nitrogen and oxygen atoms in total. The minimum atomic E-state index is 0.405. The first-order valence-electron chi connectivity index (χ1n) is 7.91. The molecule has 2 aromatic carbocycles. The standard InChI is InChI=1S/C20H24O6/c1-21-15-12-14(18(24-4)20(26-6)19(15)25-5)17(23-3)16(22-2)13-10-8-7-9-11-13/h7-12H,1-6H3. The second kappa shape index (κ2) is 8.89. The summed E-state index contributed by atoms with van der Waals surface area (Å²) in [5.41, 5.74) is 1.48. The van der Waals surface area contributed by atoms with Crippen molar-refractivity contribution in [3.63, 3.8) is 0 Å². The summed E-state index contributed by atoms with van der Waals surface area (Å²) in [5, 5.41) is 0. The largest absolute Gasteiger partial charge is 0.493 e. The summed E-state index contributed by atoms with van der Waals surface area (Å²) >= 11 is 0. The molecule has 0 bridgehead atoms. The summed E-state index contributed by atoms with van der Waals surface area (Å²) in [7, 11) is 9.34. The van der Waals surface area contributed by atoms with E-state index in [4.69, 9.17) is 28.4 Å². The molecule has 0 N–H and O–H groups in total. The molecule has 0 heterocycles. The molecule has 0 amide bonds. The van der Waals surface area contributed by atoms with E-state index in [-0.39, 0.29) is 0 Å². The van der Waals surface area contributed by atoms with E-state index in [2.05, 4.69) is 0 Å². The minimum absolute atomic E-state index is 0.405. The van der Waals surface area contributed by atoms with Gasteiger partial charge in [0.25, 0.3) is 0 Å². The Morgan fingerprint density at radius 1 is 0.615 bits per heavy atom. The highest BCUT2D eigenvalue weighted by molar-refractivity contribution is 5.88. The van der Waals surface area contributed by atoms with Crippen LogP contribution < -0.4 is 18.9 Å². The second-order valence-electron chi connectivity index (χ2n) is 5.16. The van der Waals surface area contributed by atoms with Crippen LogP contribution in [0.25, 0.3) is 11.5 Å². The third kappa shape index (κ3) is 3.49. The maximum atomic E-state index is 5.68. The topological polar surface area (TPSA) is 55.4 Å². The van der Waals surface area contributed by atoms with Gasteiger partial charge < -0.3 is 28.4 Å². The van der Waals surface area contributed by atoms with Gasteiger partial charge >= 0.3 is 0 Å². The summed E-state index contributed by atoms with van der Waals surface area (Å²) in [5.74, 6) is 2.81. The Kier molecular flexibility index (Phi) is 6.60. The summed E-state index contributed by atoms with van der Waals surface area (Å²) in [4.78, 5) is 0. The van der Waals surface area contributed by atoms with Crippen molar-refractivity contribution in [2.24, 2.45) is 0 Å². The molecular weight excluding hydrogens is 336 g/mol. The molecule has 0 atom stereocenters. The molecule has 0 saturated carbocycles. The van der Waals surface area contributed by atoms with Crippen LogP contribution in [0.4, 0.5) is 0 Å². The van der Waals surface area contributed by atoms with E-state index >= 15 is 0 Å². The lowest BCUT2D eigenvalue weighted by atomic mass is 10.1. The first kappa shape index (κ1) is 19.3. The average molecular weight is 360 g/mol. The molecule has 6 heteroatoms. The van der Waals surface area contributed by atoms with Crippen LogP contribution in [0.3, 0.4) is 0 Å². The number of rotatable bonds is 8. The molecule has 26 heavy (non-hydrogen) atoms. The highest BCUT2D eigenvalue weighted by Gasteiger charge is 2.26. The minimum Gasteiger partial charge on any atom is -0.493 e. The lowest BCUT2D eigenvalue weighted by Crippen LogP contribution is -2.04. The Morgan fingerprint density at radius 2 is 1.19 bits per heavy atom. The lowest BCUT2D eigenvalue weighted by molar-refractivity contribution is 0.299. The molecule has 0 saturated heterocycles. The molecule has 140 valence electrons. The number of hydrogen-bond donors (Lipinski definition) is 0. The molecule has 0 radical (unpaired) electrons. The van der Waals surface area contributed by atoms with Gasteiger partial charge in [-0.15, -0.1) is 0 Å². The van der Waals surface area contributed by atoms with E-state index in [9.17, 15) is 0 Å². The van der Waals surface area contributed by atoms with Crippen LogP contribution in [-0.2, 0) is 9.47 Å². The van der Waals surface area contributed by atoms with Crippen molar-refractivity contribution in [2.45, 2.75) is 0 Å². The van der Waals surface area contributed by atoms with Crippen LogP contribution in [0.2, 0.25) is 0 Å². The molecule has 0 fully saturated rings. The van der Waals surface area contributed by atoms with Crippen LogP contribution in [0.1, 0.15) is 11.1 Å². The number of ether oxygens (including phenoxy) is 6. The molecule has 0 aliphatic rings. The van der Waals surface area contributed by atoms with Crippen molar-refractivity contribution >= 4 is 11.5 Å². The van der Waals surface area contributed by atoms with Crippen LogP contribution in [0, 0.1) is 0 Å². The van der Waals surface area contributed by atoms with Gasteiger partial charge in [0.15, 0.2) is 23.0 Å². The molecule has 0 aromatic heterocycles. The Hall–Kier alpha value is -3.02. The summed E-state index contributed by atoms with van der Waals surface area (Å²) in [6, 6.07) is 11.4. The zero-order valence-corrected chi connectivity index (χ0v) is 15.9. The fourth-order valence-electron chi connectivity index (χ4n) is 2.76. The van der Waals surface area contributed by atoms with Gasteiger partial charge in [0, 0.05) is 5.56 Å². The zero-order chi connectivity index (χ0) is 19.1. The number of benzene rings is 2. The predicted molar refractivity (Wildman–Crippen MR) is 99.9 cm³/mol. The normalized spacial score (nSPS) is 11.3. The van der Waals surface area contributed by atoms with Gasteiger partial charge in [-0.1, -0.05) is 30.3 Å². The predicted octanol–water partition coefficient (Wildman–Crippen LogP) is 3.84. The van der Waals surface area contributed by atoms with Gasteiger partial charge in [-0.05, 0) is 6.07 Å². The van der Waals surface area contributed by atoms with Crippen LogP contribution in [-0.4, -0.2) is 42.7 Å². The van der Waals surface area contributed by atoms with Gasteiger partial charge in [-0.3, -0.25) is 0 Å². The van der Waals surface area contributed by atoms with Crippen LogP contribution >= 0.6 is 0 Å². The van der Waals surface area contributed by atoms with E-state index in [1.165, 1.54) is 14.2 Å². The molecule has 0 unspecified atom stereocenters. The SMILES string of the molecule is COC(=C(OC)c1cc(OC)c(OC)c(OC)c1OC)c1ccccc1. The second-order valence-corrected chi connectivity index (χ2v) is 5.16. The zero-order valence-electron chi connectivity index (χ0n) is 15.9. The van der Waals surface area contributed by atoms with Crippen LogP contribution in [0.5, 0.6) is 23.0 Å². The van der Waals surface area contributed by atoms with Crippen LogP contribution in [0.15, 0.2) is 36.4 Å². The van der Waals surface area contributed by atoms with Crippen molar-refractivity contribution < 1.29 is 28.4 Å². The Morgan fingerprint density at radius 3 is 1.65 bits per heavy atom. The average Bonchev–Trinajstić information content (AvgIpc) is 2.70. The Balaban J connectivity index is 2.84. The third-order valence-corrected chi connectivity index (χ3v) is 3.88. The Bertz CT molecular complexity index is 768. The molecule has 0 aliphatic heterocycles. The van der Waals surface area contributed by atoms with Gasteiger partial charge in [0.2, 0.25) is 11.5 Å². The van der Waals surface area contributed by atoms with Crippen molar-refractivity contribution in [3.05, 3.63) is 47.5 Å². The maximum Gasteiger partial charge on any atom is 0.208 e. The first-order valence-corrected chi connectivity index (χ1v) is 7.91. The monoisotopic (exact) mass is 360 g/mol. The van der Waals surface area contributed by atoms with E-state index in [1.54, 1.807) is 34.5 Å².